The van der Waals surface area contributed by atoms with Crippen LogP contribution < -0.4 is 10.1 Å². The van der Waals surface area contributed by atoms with Crippen molar-refractivity contribution in [3.05, 3.63) is 73.4 Å². The minimum Gasteiger partial charge on any atom is -0.457 e. The number of anilines is 1. The number of nitrogens with zero attached hydrogens (tertiary/aromatic N) is 1. The largest absolute Gasteiger partial charge is 0.457 e. The van der Waals surface area contributed by atoms with E-state index in [2.05, 4.69) is 16.9 Å². The van der Waals surface area contributed by atoms with Crippen LogP contribution in [0.3, 0.4) is 0 Å². The Balaban J connectivity index is 1.83. The van der Waals surface area contributed by atoms with Gasteiger partial charge >= 0.3 is 0 Å². The maximum Gasteiger partial charge on any atom is 0.247 e. The zero-order valence-corrected chi connectivity index (χ0v) is 11.8. The minimum atomic E-state index is -0.242. The van der Waals surface area contributed by atoms with Gasteiger partial charge in [0.1, 0.15) is 11.5 Å². The van der Waals surface area contributed by atoms with Gasteiger partial charge in [-0.3, -0.25) is 9.78 Å². The van der Waals surface area contributed by atoms with Gasteiger partial charge in [-0.25, -0.2) is 0 Å². The third kappa shape index (κ3) is 2.96. The van der Waals surface area contributed by atoms with E-state index in [0.717, 1.165) is 16.7 Å². The number of aromatic nitrogens is 1. The molecule has 3 aromatic rings. The fraction of sp³-hybridized carbons (Fsp3) is 0. The number of hydrogen-bond acceptors (Lipinski definition) is 3. The molecule has 3 rings (SSSR count). The molecule has 0 saturated heterocycles. The molecule has 0 unspecified atom stereocenters. The predicted molar refractivity (Wildman–Crippen MR) is 87.1 cm³/mol. The summed E-state index contributed by atoms with van der Waals surface area (Å²) in [7, 11) is 0. The summed E-state index contributed by atoms with van der Waals surface area (Å²) in [5.74, 6) is 1.19. The Hall–Kier alpha value is -3.14. The fourth-order valence-corrected chi connectivity index (χ4v) is 2.09. The molecule has 1 heterocycles. The molecule has 0 aliphatic heterocycles. The van der Waals surface area contributed by atoms with Crippen LogP contribution in [0.2, 0.25) is 0 Å². The van der Waals surface area contributed by atoms with Gasteiger partial charge in [-0.1, -0.05) is 18.7 Å². The summed E-state index contributed by atoms with van der Waals surface area (Å²) >= 11 is 0. The Morgan fingerprint density at radius 1 is 1.09 bits per heavy atom. The van der Waals surface area contributed by atoms with Gasteiger partial charge in [0.05, 0.1) is 5.52 Å². The summed E-state index contributed by atoms with van der Waals surface area (Å²) in [6.07, 6.45) is 2.95. The quantitative estimate of drug-likeness (QED) is 0.734. The molecule has 0 fully saturated rings. The van der Waals surface area contributed by atoms with Gasteiger partial charge in [-0.15, -0.1) is 0 Å². The van der Waals surface area contributed by atoms with E-state index in [0.29, 0.717) is 11.4 Å². The highest BCUT2D eigenvalue weighted by molar-refractivity contribution is 5.98. The molecule has 1 N–H and O–H groups in total. The number of carbonyl (C=O) groups excluding carboxylic acids is 1. The maximum atomic E-state index is 11.2. The minimum absolute atomic E-state index is 0.242. The number of nitrogens with one attached hydrogen (secondary N) is 1. The Morgan fingerprint density at radius 2 is 1.86 bits per heavy atom. The summed E-state index contributed by atoms with van der Waals surface area (Å²) < 4.78 is 5.91. The molecule has 2 aromatic carbocycles. The Bertz CT molecular complexity index is 821. The van der Waals surface area contributed by atoms with Crippen LogP contribution in [-0.4, -0.2) is 10.9 Å². The van der Waals surface area contributed by atoms with Crippen molar-refractivity contribution < 1.29 is 9.53 Å². The van der Waals surface area contributed by atoms with Crippen molar-refractivity contribution in [2.45, 2.75) is 0 Å². The average molecular weight is 290 g/mol. The smallest absolute Gasteiger partial charge is 0.247 e. The number of ether oxygens (including phenoxy) is 1. The summed E-state index contributed by atoms with van der Waals surface area (Å²) in [5.41, 5.74) is 1.58. The van der Waals surface area contributed by atoms with Crippen LogP contribution >= 0.6 is 0 Å². The van der Waals surface area contributed by atoms with Gasteiger partial charge in [-0.05, 0) is 48.5 Å². The van der Waals surface area contributed by atoms with Crippen LogP contribution in [-0.2, 0) is 4.79 Å². The van der Waals surface area contributed by atoms with Crippen LogP contribution in [0.1, 0.15) is 0 Å². The highest BCUT2D eigenvalue weighted by atomic mass is 16.5. The summed E-state index contributed by atoms with van der Waals surface area (Å²) in [6, 6.07) is 16.8. The molecule has 1 amide bonds. The highest BCUT2D eigenvalue weighted by Crippen LogP contribution is 2.29. The molecule has 22 heavy (non-hydrogen) atoms. The van der Waals surface area contributed by atoms with E-state index in [9.17, 15) is 4.79 Å². The van der Waals surface area contributed by atoms with Crippen molar-refractivity contribution in [1.82, 2.24) is 4.98 Å². The van der Waals surface area contributed by atoms with Crippen molar-refractivity contribution in [1.29, 1.82) is 0 Å². The molecule has 4 heteroatoms. The van der Waals surface area contributed by atoms with Crippen LogP contribution in [0, 0.1) is 0 Å². The second-order valence-corrected chi connectivity index (χ2v) is 4.65. The van der Waals surface area contributed by atoms with E-state index in [1.807, 2.05) is 30.3 Å². The first-order valence-electron chi connectivity index (χ1n) is 6.81. The molecule has 0 radical (unpaired) electrons. The molecular weight excluding hydrogens is 276 g/mol. The molecule has 108 valence electrons. The predicted octanol–water partition coefficient (Wildman–Crippen LogP) is 4.15. The standard InChI is InChI=1S/C18H14N2O2/c1-2-18(21)20-13-7-9-14(10-8-13)22-17-11-12-19-16-6-4-3-5-15(16)17/h2-12H,1H2,(H,20,21). The lowest BCUT2D eigenvalue weighted by Crippen LogP contribution is -2.06. The van der Waals surface area contributed by atoms with Crippen molar-refractivity contribution >= 4 is 22.5 Å². The molecular formula is C18H14N2O2. The number of benzene rings is 2. The summed E-state index contributed by atoms with van der Waals surface area (Å²) in [4.78, 5) is 15.5. The summed E-state index contributed by atoms with van der Waals surface area (Å²) in [6.45, 7) is 3.42. The first-order valence-corrected chi connectivity index (χ1v) is 6.81. The van der Waals surface area contributed by atoms with Crippen molar-refractivity contribution in [3.63, 3.8) is 0 Å². The van der Waals surface area contributed by atoms with Gasteiger partial charge in [-0.2, -0.15) is 0 Å². The molecule has 1 aromatic heterocycles. The second kappa shape index (κ2) is 6.10. The van der Waals surface area contributed by atoms with Crippen LogP contribution in [0.15, 0.2) is 73.4 Å². The second-order valence-electron chi connectivity index (χ2n) is 4.65. The molecule has 0 atom stereocenters. The zero-order valence-electron chi connectivity index (χ0n) is 11.8. The van der Waals surface area contributed by atoms with Crippen molar-refractivity contribution in [2.75, 3.05) is 5.32 Å². The normalized spacial score (nSPS) is 10.2. The number of para-hydroxylation sites is 1. The van der Waals surface area contributed by atoms with Gasteiger partial charge in [0.2, 0.25) is 5.91 Å². The number of pyridine rings is 1. The number of hydrogen-bond donors (Lipinski definition) is 1. The Morgan fingerprint density at radius 3 is 2.64 bits per heavy atom. The number of carbonyl (C=O) groups is 1. The fourth-order valence-electron chi connectivity index (χ4n) is 2.09. The highest BCUT2D eigenvalue weighted by Gasteiger charge is 2.04. The van der Waals surface area contributed by atoms with Crippen molar-refractivity contribution in [3.8, 4) is 11.5 Å². The topological polar surface area (TPSA) is 51.2 Å². The van der Waals surface area contributed by atoms with Crippen LogP contribution in [0.25, 0.3) is 10.9 Å². The van der Waals surface area contributed by atoms with E-state index in [1.54, 1.807) is 30.5 Å². The molecule has 0 saturated carbocycles. The monoisotopic (exact) mass is 290 g/mol. The van der Waals surface area contributed by atoms with E-state index in [-0.39, 0.29) is 5.91 Å². The van der Waals surface area contributed by atoms with Crippen LogP contribution in [0.5, 0.6) is 11.5 Å². The SMILES string of the molecule is C=CC(=O)Nc1ccc(Oc2ccnc3ccccc23)cc1. The first kappa shape index (κ1) is 13.8. The molecule has 0 bridgehead atoms. The summed E-state index contributed by atoms with van der Waals surface area (Å²) in [5, 5.41) is 3.64. The number of amides is 1. The third-order valence-electron chi connectivity index (χ3n) is 3.14. The molecule has 0 aliphatic carbocycles. The van der Waals surface area contributed by atoms with Gasteiger partial charge in [0, 0.05) is 17.3 Å². The maximum absolute atomic E-state index is 11.2. The Labute approximate surface area is 128 Å². The van der Waals surface area contributed by atoms with E-state index in [1.165, 1.54) is 6.08 Å². The van der Waals surface area contributed by atoms with Gasteiger partial charge in [0.25, 0.3) is 0 Å². The van der Waals surface area contributed by atoms with E-state index in [4.69, 9.17) is 4.74 Å². The zero-order chi connectivity index (χ0) is 15.4. The third-order valence-corrected chi connectivity index (χ3v) is 3.14. The lowest BCUT2D eigenvalue weighted by molar-refractivity contribution is -0.111. The lowest BCUT2D eigenvalue weighted by atomic mass is 10.2. The number of rotatable bonds is 4. The van der Waals surface area contributed by atoms with Gasteiger partial charge in [0.15, 0.2) is 0 Å². The average Bonchev–Trinajstić information content (AvgIpc) is 2.57. The first-order chi connectivity index (χ1) is 10.8. The van der Waals surface area contributed by atoms with Gasteiger partial charge < -0.3 is 10.1 Å². The van der Waals surface area contributed by atoms with Crippen molar-refractivity contribution in [2.24, 2.45) is 0 Å². The van der Waals surface area contributed by atoms with Crippen LogP contribution in [0.4, 0.5) is 5.69 Å². The lowest BCUT2D eigenvalue weighted by Gasteiger charge is -2.09. The van der Waals surface area contributed by atoms with E-state index >= 15 is 0 Å². The number of fused-ring (bicyclic) bond motifs is 1. The Kier molecular flexibility index (Phi) is 3.83. The molecule has 0 spiro atoms. The molecule has 4 nitrogen and oxygen atoms in total. The van der Waals surface area contributed by atoms with E-state index < -0.39 is 0 Å². The molecule has 0 aliphatic rings.